The van der Waals surface area contributed by atoms with Gasteiger partial charge in [0.05, 0.1) is 5.75 Å². The van der Waals surface area contributed by atoms with E-state index < -0.39 is 15.7 Å². The van der Waals surface area contributed by atoms with Crippen molar-refractivity contribution in [3.8, 4) is 5.75 Å². The standard InChI is InChI=1S/C19H19BrN2O4S2/c1-3-10-28(24,25)26-16-9-5-7-14(12-16)19(13-6-4-8-15(20)11-13)17(23)21-18(27)22(19)2/h4-9,11-12H,3,10H2,1-2H3,(H,21,23,27). The van der Waals surface area contributed by atoms with Crippen LogP contribution in [-0.2, 0) is 20.5 Å². The van der Waals surface area contributed by atoms with E-state index in [0.29, 0.717) is 17.5 Å². The third-order valence-corrected chi connectivity index (χ3v) is 6.75. The lowest BCUT2D eigenvalue weighted by Gasteiger charge is -2.35. The number of amides is 1. The van der Waals surface area contributed by atoms with E-state index in [1.54, 1.807) is 43.1 Å². The smallest absolute Gasteiger partial charge is 0.309 e. The quantitative estimate of drug-likeness (QED) is 0.503. The van der Waals surface area contributed by atoms with Gasteiger partial charge in [0.2, 0.25) is 0 Å². The van der Waals surface area contributed by atoms with Crippen LogP contribution in [0.1, 0.15) is 24.5 Å². The second-order valence-corrected chi connectivity index (χ2v) is 9.40. The molecule has 3 rings (SSSR count). The summed E-state index contributed by atoms with van der Waals surface area (Å²) in [7, 11) is -1.98. The number of nitrogens with zero attached hydrogens (tertiary/aromatic N) is 1. The number of benzene rings is 2. The highest BCUT2D eigenvalue weighted by Gasteiger charge is 2.52. The Morgan fingerprint density at radius 1 is 1.18 bits per heavy atom. The largest absolute Gasteiger partial charge is 0.382 e. The highest BCUT2D eigenvalue weighted by atomic mass is 79.9. The van der Waals surface area contributed by atoms with Crippen molar-refractivity contribution in [3.05, 3.63) is 64.1 Å². The summed E-state index contributed by atoms with van der Waals surface area (Å²) in [4.78, 5) is 14.8. The molecule has 1 N–H and O–H groups in total. The van der Waals surface area contributed by atoms with E-state index in [0.717, 1.165) is 4.47 Å². The zero-order valence-corrected chi connectivity index (χ0v) is 18.5. The number of carbonyl (C=O) groups is 1. The highest BCUT2D eigenvalue weighted by molar-refractivity contribution is 9.10. The van der Waals surface area contributed by atoms with Gasteiger partial charge in [-0.3, -0.25) is 4.79 Å². The third kappa shape index (κ3) is 3.66. The molecule has 1 heterocycles. The van der Waals surface area contributed by atoms with Crippen LogP contribution >= 0.6 is 28.1 Å². The van der Waals surface area contributed by atoms with E-state index >= 15 is 0 Å². The van der Waals surface area contributed by atoms with Crippen molar-refractivity contribution in [2.24, 2.45) is 0 Å². The van der Waals surface area contributed by atoms with Crippen LogP contribution in [0.15, 0.2) is 53.0 Å². The Balaban J connectivity index is 2.17. The summed E-state index contributed by atoms with van der Waals surface area (Å²) >= 11 is 8.76. The fourth-order valence-corrected chi connectivity index (χ4v) is 4.93. The van der Waals surface area contributed by atoms with Crippen LogP contribution in [0.2, 0.25) is 0 Å². The minimum atomic E-state index is -3.70. The first-order valence-corrected chi connectivity index (χ1v) is 11.4. The molecule has 1 unspecified atom stereocenters. The topological polar surface area (TPSA) is 75.7 Å². The Hall–Kier alpha value is -1.97. The van der Waals surface area contributed by atoms with Gasteiger partial charge in [0.25, 0.3) is 5.91 Å². The molecule has 0 aliphatic carbocycles. The van der Waals surface area contributed by atoms with Crippen molar-refractivity contribution in [3.63, 3.8) is 0 Å². The summed E-state index contributed by atoms with van der Waals surface area (Å²) in [5, 5.41) is 2.99. The van der Waals surface area contributed by atoms with Gasteiger partial charge in [-0.15, -0.1) is 0 Å². The Labute approximate surface area is 178 Å². The number of hydrogen-bond acceptors (Lipinski definition) is 5. The average Bonchev–Trinajstić information content (AvgIpc) is 2.84. The molecule has 9 heteroatoms. The Morgan fingerprint density at radius 3 is 2.39 bits per heavy atom. The van der Waals surface area contributed by atoms with Crippen molar-refractivity contribution >= 4 is 49.3 Å². The Morgan fingerprint density at radius 2 is 1.82 bits per heavy atom. The Bertz CT molecular complexity index is 1040. The van der Waals surface area contributed by atoms with Crippen LogP contribution in [0.4, 0.5) is 0 Å². The number of carbonyl (C=O) groups excluding carboxylic acids is 1. The lowest BCUT2D eigenvalue weighted by molar-refractivity contribution is -0.124. The van der Waals surface area contributed by atoms with Crippen molar-refractivity contribution < 1.29 is 17.4 Å². The molecule has 0 radical (unpaired) electrons. The maximum atomic E-state index is 13.1. The number of hydrogen-bond donors (Lipinski definition) is 1. The second kappa shape index (κ2) is 7.81. The molecule has 0 aromatic heterocycles. The van der Waals surface area contributed by atoms with Gasteiger partial charge in [-0.2, -0.15) is 8.42 Å². The van der Waals surface area contributed by atoms with Gasteiger partial charge in [0, 0.05) is 11.5 Å². The minimum absolute atomic E-state index is 0.0848. The molecule has 1 saturated heterocycles. The number of thiocarbonyl (C=S) groups is 1. The van der Waals surface area contributed by atoms with Gasteiger partial charge in [-0.25, -0.2) is 0 Å². The average molecular weight is 483 g/mol. The summed E-state index contributed by atoms with van der Waals surface area (Å²) in [6.45, 7) is 1.76. The van der Waals surface area contributed by atoms with Crippen LogP contribution in [0.25, 0.3) is 0 Å². The van der Waals surface area contributed by atoms with Crippen molar-refractivity contribution in [2.75, 3.05) is 12.8 Å². The normalized spacial score (nSPS) is 19.6. The molecule has 148 valence electrons. The summed E-state index contributed by atoms with van der Waals surface area (Å²) in [5.74, 6) is -0.246. The lowest BCUT2D eigenvalue weighted by Crippen LogP contribution is -2.45. The first-order chi connectivity index (χ1) is 13.2. The molecule has 0 spiro atoms. The summed E-state index contributed by atoms with van der Waals surface area (Å²) in [5.41, 5.74) is -0.000634. The second-order valence-electron chi connectivity index (χ2n) is 6.41. The first-order valence-electron chi connectivity index (χ1n) is 8.58. The molecule has 1 atom stereocenters. The van der Waals surface area contributed by atoms with Crippen LogP contribution in [0, 0.1) is 0 Å². The maximum Gasteiger partial charge on any atom is 0.309 e. The van der Waals surface area contributed by atoms with E-state index in [9.17, 15) is 13.2 Å². The predicted molar refractivity (Wildman–Crippen MR) is 115 cm³/mol. The Kier molecular flexibility index (Phi) is 5.79. The summed E-state index contributed by atoms with van der Waals surface area (Å²) < 4.78 is 30.2. The molecule has 1 amide bonds. The molecule has 2 aromatic carbocycles. The summed E-state index contributed by atoms with van der Waals surface area (Å²) in [6.07, 6.45) is 0.448. The van der Waals surface area contributed by atoms with E-state index in [1.165, 1.54) is 0 Å². The molecular weight excluding hydrogens is 464 g/mol. The van der Waals surface area contributed by atoms with Gasteiger partial charge >= 0.3 is 10.1 Å². The van der Waals surface area contributed by atoms with Crippen LogP contribution in [-0.4, -0.2) is 37.1 Å². The van der Waals surface area contributed by atoms with Gasteiger partial charge < -0.3 is 14.4 Å². The number of nitrogens with one attached hydrogen (secondary N) is 1. The number of rotatable bonds is 6. The molecule has 0 saturated carbocycles. The molecule has 0 bridgehead atoms. The molecule has 1 fully saturated rings. The molecule has 1 aliphatic rings. The van der Waals surface area contributed by atoms with Gasteiger partial charge in [0.15, 0.2) is 10.7 Å². The van der Waals surface area contributed by atoms with E-state index in [4.69, 9.17) is 16.4 Å². The van der Waals surface area contributed by atoms with Gasteiger partial charge in [-0.1, -0.05) is 47.1 Å². The van der Waals surface area contributed by atoms with Crippen LogP contribution in [0.3, 0.4) is 0 Å². The van der Waals surface area contributed by atoms with Crippen LogP contribution in [0.5, 0.6) is 5.75 Å². The summed E-state index contributed by atoms with van der Waals surface area (Å²) in [6, 6.07) is 13.9. The SMILES string of the molecule is CCCS(=O)(=O)Oc1cccc(C2(c3cccc(Br)c3)C(=O)NC(=S)N2C)c1. The van der Waals surface area contributed by atoms with Crippen molar-refractivity contribution in [2.45, 2.75) is 18.9 Å². The molecule has 6 nitrogen and oxygen atoms in total. The molecule has 28 heavy (non-hydrogen) atoms. The van der Waals surface area contributed by atoms with Crippen LogP contribution < -0.4 is 9.50 Å². The molecule has 2 aromatic rings. The third-order valence-electron chi connectivity index (χ3n) is 4.53. The van der Waals surface area contributed by atoms with E-state index in [-0.39, 0.29) is 22.5 Å². The van der Waals surface area contributed by atoms with Crippen molar-refractivity contribution in [1.29, 1.82) is 0 Å². The zero-order chi connectivity index (χ0) is 20.5. The van der Waals surface area contributed by atoms with E-state index in [2.05, 4.69) is 21.2 Å². The molecule has 1 aliphatic heterocycles. The minimum Gasteiger partial charge on any atom is -0.382 e. The predicted octanol–water partition coefficient (Wildman–Crippen LogP) is 3.16. The number of halogens is 1. The monoisotopic (exact) mass is 482 g/mol. The lowest BCUT2D eigenvalue weighted by atomic mass is 9.81. The fraction of sp³-hybridized carbons (Fsp3) is 0.263. The highest BCUT2D eigenvalue weighted by Crippen LogP contribution is 2.40. The number of likely N-dealkylation sites (N-methyl/N-ethyl adjacent to an activating group) is 1. The zero-order valence-electron chi connectivity index (χ0n) is 15.3. The van der Waals surface area contributed by atoms with Crippen molar-refractivity contribution in [1.82, 2.24) is 10.2 Å². The van der Waals surface area contributed by atoms with Gasteiger partial charge in [0.1, 0.15) is 5.75 Å². The fourth-order valence-electron chi connectivity index (χ4n) is 3.32. The van der Waals surface area contributed by atoms with E-state index in [1.807, 2.05) is 24.3 Å². The van der Waals surface area contributed by atoms with Gasteiger partial charge in [-0.05, 0) is 54.0 Å². The maximum absolute atomic E-state index is 13.1. The molecular formula is C19H19BrN2O4S2. The first kappa shape index (κ1) is 20.8.